The van der Waals surface area contributed by atoms with Crippen molar-refractivity contribution in [3.63, 3.8) is 0 Å². The van der Waals surface area contributed by atoms with Gasteiger partial charge in [-0.3, -0.25) is 4.68 Å². The van der Waals surface area contributed by atoms with E-state index in [4.69, 9.17) is 4.74 Å². The molecule has 0 spiro atoms. The number of hydrogen-bond donors (Lipinski definition) is 0. The van der Waals surface area contributed by atoms with Crippen LogP contribution in [0.15, 0.2) is 30.5 Å². The van der Waals surface area contributed by atoms with Crippen LogP contribution >= 0.6 is 0 Å². The van der Waals surface area contributed by atoms with Crippen LogP contribution in [-0.2, 0) is 13.2 Å². The highest BCUT2D eigenvalue weighted by atomic mass is 16.5. The number of aromatic nitrogens is 2. The molecule has 3 nitrogen and oxygen atoms in total. The third kappa shape index (κ3) is 1.16. The Morgan fingerprint density at radius 2 is 2.27 bits per heavy atom. The zero-order valence-electron chi connectivity index (χ0n) is 8.60. The normalized spacial score (nSPS) is 12.9. The average Bonchev–Trinajstić information content (AvgIpc) is 2.72. The molecule has 15 heavy (non-hydrogen) atoms. The standard InChI is InChI=1S/C12H12N2O/c1-2-14-12-9(7-13-14)8-15-11-6-4-3-5-10(11)12/h3-7H,2,8H2,1H3. The fraction of sp³-hybridized carbons (Fsp3) is 0.250. The zero-order valence-corrected chi connectivity index (χ0v) is 8.60. The maximum Gasteiger partial charge on any atom is 0.129 e. The number of nitrogens with zero attached hydrogens (tertiary/aromatic N) is 2. The topological polar surface area (TPSA) is 27.1 Å². The molecule has 76 valence electrons. The summed E-state index contributed by atoms with van der Waals surface area (Å²) >= 11 is 0. The second-order valence-corrected chi connectivity index (χ2v) is 3.62. The molecule has 0 N–H and O–H groups in total. The first kappa shape index (κ1) is 8.53. The second kappa shape index (κ2) is 3.12. The van der Waals surface area contributed by atoms with Crippen molar-refractivity contribution in [1.82, 2.24) is 9.78 Å². The Kier molecular flexibility index (Phi) is 1.78. The van der Waals surface area contributed by atoms with E-state index in [-0.39, 0.29) is 0 Å². The summed E-state index contributed by atoms with van der Waals surface area (Å²) in [5.74, 6) is 0.959. The molecule has 0 saturated carbocycles. The minimum absolute atomic E-state index is 0.631. The van der Waals surface area contributed by atoms with Gasteiger partial charge in [0.05, 0.1) is 11.9 Å². The van der Waals surface area contributed by atoms with Crippen LogP contribution in [0.5, 0.6) is 5.75 Å². The molecule has 3 rings (SSSR count). The second-order valence-electron chi connectivity index (χ2n) is 3.62. The van der Waals surface area contributed by atoms with Crippen LogP contribution in [0.2, 0.25) is 0 Å². The molecule has 1 aromatic carbocycles. The van der Waals surface area contributed by atoms with Crippen molar-refractivity contribution < 1.29 is 4.74 Å². The maximum absolute atomic E-state index is 5.65. The maximum atomic E-state index is 5.65. The monoisotopic (exact) mass is 200 g/mol. The first-order valence-corrected chi connectivity index (χ1v) is 5.17. The van der Waals surface area contributed by atoms with Crippen LogP contribution < -0.4 is 4.74 Å². The fourth-order valence-corrected chi connectivity index (χ4v) is 2.03. The number of fused-ring (bicyclic) bond motifs is 3. The summed E-state index contributed by atoms with van der Waals surface area (Å²) in [6.45, 7) is 3.63. The lowest BCUT2D eigenvalue weighted by atomic mass is 10.0. The van der Waals surface area contributed by atoms with E-state index in [1.165, 1.54) is 11.3 Å². The van der Waals surface area contributed by atoms with Gasteiger partial charge in [0, 0.05) is 17.7 Å². The highest BCUT2D eigenvalue weighted by Gasteiger charge is 2.20. The van der Waals surface area contributed by atoms with Gasteiger partial charge in [0.1, 0.15) is 12.4 Å². The molecule has 0 amide bonds. The van der Waals surface area contributed by atoms with Crippen molar-refractivity contribution in [2.75, 3.05) is 0 Å². The Labute approximate surface area is 88.3 Å². The van der Waals surface area contributed by atoms with E-state index < -0.39 is 0 Å². The summed E-state index contributed by atoms with van der Waals surface area (Å²) < 4.78 is 7.68. The van der Waals surface area contributed by atoms with Crippen molar-refractivity contribution in [1.29, 1.82) is 0 Å². The summed E-state index contributed by atoms with van der Waals surface area (Å²) in [7, 11) is 0. The van der Waals surface area contributed by atoms with Gasteiger partial charge in [-0.25, -0.2) is 0 Å². The molecule has 1 aromatic heterocycles. The first-order chi connectivity index (χ1) is 7.40. The predicted octanol–water partition coefficient (Wildman–Crippen LogP) is 2.46. The average molecular weight is 200 g/mol. The van der Waals surface area contributed by atoms with Gasteiger partial charge in [0.2, 0.25) is 0 Å². The molecule has 3 heteroatoms. The molecular formula is C12H12N2O. The Balaban J connectivity index is 2.27. The molecule has 2 aromatic rings. The summed E-state index contributed by atoms with van der Waals surface area (Å²) in [5, 5.41) is 4.35. The third-order valence-corrected chi connectivity index (χ3v) is 2.74. The van der Waals surface area contributed by atoms with E-state index in [1.807, 2.05) is 29.1 Å². The Bertz CT molecular complexity index is 489. The van der Waals surface area contributed by atoms with Crippen LogP contribution in [0.3, 0.4) is 0 Å². The SMILES string of the molecule is CCn1ncc2c1-c1ccccc1OC2. The van der Waals surface area contributed by atoms with Gasteiger partial charge < -0.3 is 4.74 Å². The van der Waals surface area contributed by atoms with E-state index in [0.717, 1.165) is 17.9 Å². The molecule has 0 bridgehead atoms. The van der Waals surface area contributed by atoms with E-state index in [9.17, 15) is 0 Å². The van der Waals surface area contributed by atoms with E-state index in [0.29, 0.717) is 6.61 Å². The van der Waals surface area contributed by atoms with Crippen LogP contribution in [0.1, 0.15) is 12.5 Å². The van der Waals surface area contributed by atoms with Crippen LogP contribution in [0, 0.1) is 0 Å². The summed E-state index contributed by atoms with van der Waals surface area (Å²) in [6.07, 6.45) is 1.90. The number of hydrogen-bond acceptors (Lipinski definition) is 2. The lowest BCUT2D eigenvalue weighted by Gasteiger charge is -2.18. The van der Waals surface area contributed by atoms with E-state index in [2.05, 4.69) is 18.1 Å². The smallest absolute Gasteiger partial charge is 0.129 e. The molecule has 2 heterocycles. The Hall–Kier alpha value is -1.77. The zero-order chi connectivity index (χ0) is 10.3. The molecule has 0 atom stereocenters. The predicted molar refractivity (Wildman–Crippen MR) is 57.7 cm³/mol. The Morgan fingerprint density at radius 3 is 3.13 bits per heavy atom. The largest absolute Gasteiger partial charge is 0.488 e. The molecule has 0 fully saturated rings. The van der Waals surface area contributed by atoms with Gasteiger partial charge in [-0.05, 0) is 19.1 Å². The quantitative estimate of drug-likeness (QED) is 0.707. The van der Waals surface area contributed by atoms with Crippen molar-refractivity contribution >= 4 is 0 Å². The summed E-state index contributed by atoms with van der Waals surface area (Å²) in [5.41, 5.74) is 3.54. The van der Waals surface area contributed by atoms with Gasteiger partial charge in [-0.2, -0.15) is 5.10 Å². The number of aryl methyl sites for hydroxylation is 1. The van der Waals surface area contributed by atoms with Crippen LogP contribution in [0.4, 0.5) is 0 Å². The van der Waals surface area contributed by atoms with E-state index >= 15 is 0 Å². The minimum Gasteiger partial charge on any atom is -0.488 e. The molecule has 1 aliphatic rings. The highest BCUT2D eigenvalue weighted by Crippen LogP contribution is 2.36. The summed E-state index contributed by atoms with van der Waals surface area (Å²) in [6, 6.07) is 8.12. The molecule has 0 radical (unpaired) electrons. The van der Waals surface area contributed by atoms with Crippen molar-refractivity contribution in [3.05, 3.63) is 36.0 Å². The van der Waals surface area contributed by atoms with Crippen LogP contribution in [0.25, 0.3) is 11.3 Å². The molecule has 0 unspecified atom stereocenters. The van der Waals surface area contributed by atoms with Gasteiger partial charge >= 0.3 is 0 Å². The Morgan fingerprint density at radius 1 is 1.40 bits per heavy atom. The number of para-hydroxylation sites is 1. The third-order valence-electron chi connectivity index (χ3n) is 2.74. The minimum atomic E-state index is 0.631. The van der Waals surface area contributed by atoms with Crippen molar-refractivity contribution in [3.8, 4) is 17.0 Å². The van der Waals surface area contributed by atoms with Gasteiger partial charge in [-0.1, -0.05) is 12.1 Å². The van der Waals surface area contributed by atoms with Crippen molar-refractivity contribution in [2.45, 2.75) is 20.1 Å². The lowest BCUT2D eigenvalue weighted by molar-refractivity contribution is 0.301. The lowest BCUT2D eigenvalue weighted by Crippen LogP contribution is -2.07. The molecule has 0 aliphatic carbocycles. The fourth-order valence-electron chi connectivity index (χ4n) is 2.03. The van der Waals surface area contributed by atoms with Gasteiger partial charge in [-0.15, -0.1) is 0 Å². The first-order valence-electron chi connectivity index (χ1n) is 5.17. The number of ether oxygens (including phenoxy) is 1. The van der Waals surface area contributed by atoms with E-state index in [1.54, 1.807) is 0 Å². The number of rotatable bonds is 1. The summed E-state index contributed by atoms with van der Waals surface area (Å²) in [4.78, 5) is 0. The van der Waals surface area contributed by atoms with Crippen molar-refractivity contribution in [2.24, 2.45) is 0 Å². The molecule has 0 saturated heterocycles. The van der Waals surface area contributed by atoms with Crippen LogP contribution in [-0.4, -0.2) is 9.78 Å². The molecule has 1 aliphatic heterocycles. The van der Waals surface area contributed by atoms with Gasteiger partial charge in [0.25, 0.3) is 0 Å². The highest BCUT2D eigenvalue weighted by molar-refractivity contribution is 5.71. The van der Waals surface area contributed by atoms with Gasteiger partial charge in [0.15, 0.2) is 0 Å². The number of benzene rings is 1. The molecular weight excluding hydrogens is 188 g/mol.